The SMILES string of the molecule is CCOC(=O)C1CCCN(C(=O)c2cc(-c3ccc(C)o3)nn2-c2ccc(Cl)c(Cl)c2)C1. The second kappa shape index (κ2) is 9.38. The minimum Gasteiger partial charge on any atom is -0.466 e. The standard InChI is InChI=1S/C23H23Cl2N3O4/c1-3-31-23(30)15-5-4-10-27(13-15)22(29)20-12-19(21-9-6-14(2)32-21)26-28(20)16-7-8-17(24)18(25)11-16/h6-9,11-12,15H,3-5,10,13H2,1-2H3. The molecule has 1 atom stereocenters. The number of carbonyl (C=O) groups excluding carboxylic acids is 2. The van der Waals surface area contributed by atoms with E-state index >= 15 is 0 Å². The van der Waals surface area contributed by atoms with Crippen LogP contribution >= 0.6 is 23.2 Å². The summed E-state index contributed by atoms with van der Waals surface area (Å²) >= 11 is 12.3. The first-order valence-electron chi connectivity index (χ1n) is 10.5. The average molecular weight is 476 g/mol. The van der Waals surface area contributed by atoms with Gasteiger partial charge in [-0.2, -0.15) is 5.10 Å². The molecule has 1 saturated heterocycles. The van der Waals surface area contributed by atoms with Crippen molar-refractivity contribution in [2.24, 2.45) is 5.92 Å². The molecule has 0 spiro atoms. The third-order valence-corrected chi connectivity index (χ3v) is 6.14. The number of piperidine rings is 1. The van der Waals surface area contributed by atoms with Crippen LogP contribution in [-0.2, 0) is 9.53 Å². The summed E-state index contributed by atoms with van der Waals surface area (Å²) in [7, 11) is 0. The third kappa shape index (κ3) is 4.54. The van der Waals surface area contributed by atoms with E-state index < -0.39 is 0 Å². The number of benzene rings is 1. The van der Waals surface area contributed by atoms with E-state index in [1.807, 2.05) is 19.1 Å². The van der Waals surface area contributed by atoms with Crippen LogP contribution in [0.15, 0.2) is 40.8 Å². The molecule has 9 heteroatoms. The normalized spacial score (nSPS) is 16.2. The van der Waals surface area contributed by atoms with Crippen molar-refractivity contribution in [1.82, 2.24) is 14.7 Å². The van der Waals surface area contributed by atoms with Gasteiger partial charge in [0.15, 0.2) is 5.76 Å². The lowest BCUT2D eigenvalue weighted by Gasteiger charge is -2.31. The fraction of sp³-hybridized carbons (Fsp3) is 0.348. The second-order valence-corrected chi connectivity index (χ2v) is 8.49. The van der Waals surface area contributed by atoms with E-state index in [0.717, 1.165) is 12.2 Å². The molecule has 1 aromatic carbocycles. The van der Waals surface area contributed by atoms with Crippen molar-refractivity contribution in [3.05, 3.63) is 57.9 Å². The number of halogens is 2. The zero-order valence-electron chi connectivity index (χ0n) is 17.8. The van der Waals surface area contributed by atoms with E-state index in [9.17, 15) is 9.59 Å². The maximum absolute atomic E-state index is 13.5. The Hall–Kier alpha value is -2.77. The van der Waals surface area contributed by atoms with Gasteiger partial charge in [-0.05, 0) is 57.0 Å². The van der Waals surface area contributed by atoms with Crippen LogP contribution in [-0.4, -0.2) is 46.3 Å². The molecular weight excluding hydrogens is 453 g/mol. The molecule has 7 nitrogen and oxygen atoms in total. The maximum atomic E-state index is 13.5. The molecule has 1 amide bonds. The number of likely N-dealkylation sites (tertiary alicyclic amines) is 1. The maximum Gasteiger partial charge on any atom is 0.310 e. The second-order valence-electron chi connectivity index (χ2n) is 7.68. The molecule has 1 fully saturated rings. The summed E-state index contributed by atoms with van der Waals surface area (Å²) in [5.41, 5.74) is 1.46. The first-order chi connectivity index (χ1) is 15.4. The summed E-state index contributed by atoms with van der Waals surface area (Å²) in [6.45, 7) is 4.79. The molecule has 1 aliphatic heterocycles. The molecule has 0 N–H and O–H groups in total. The Morgan fingerprint density at radius 2 is 2.00 bits per heavy atom. The monoisotopic (exact) mass is 475 g/mol. The minimum absolute atomic E-state index is 0.230. The van der Waals surface area contributed by atoms with Gasteiger partial charge in [-0.15, -0.1) is 0 Å². The highest BCUT2D eigenvalue weighted by Crippen LogP contribution is 2.29. The number of ether oxygens (including phenoxy) is 1. The highest BCUT2D eigenvalue weighted by atomic mass is 35.5. The van der Waals surface area contributed by atoms with Gasteiger partial charge >= 0.3 is 5.97 Å². The molecule has 0 saturated carbocycles. The van der Waals surface area contributed by atoms with Gasteiger partial charge in [-0.1, -0.05) is 23.2 Å². The number of aromatic nitrogens is 2. The first kappa shape index (κ1) is 22.4. The predicted octanol–water partition coefficient (Wildman–Crippen LogP) is 5.16. The van der Waals surface area contributed by atoms with E-state index in [4.69, 9.17) is 32.4 Å². The summed E-state index contributed by atoms with van der Waals surface area (Å²) in [4.78, 5) is 27.5. The number of carbonyl (C=O) groups is 2. The molecule has 1 aliphatic rings. The van der Waals surface area contributed by atoms with Crippen LogP contribution in [0.1, 0.15) is 36.0 Å². The molecule has 3 aromatic rings. The third-order valence-electron chi connectivity index (χ3n) is 5.40. The Kier molecular flexibility index (Phi) is 6.58. The number of rotatable bonds is 5. The Bertz CT molecular complexity index is 1150. The Labute approximate surface area is 195 Å². The lowest BCUT2D eigenvalue weighted by atomic mass is 9.98. The molecule has 32 heavy (non-hydrogen) atoms. The van der Waals surface area contributed by atoms with Crippen LogP contribution < -0.4 is 0 Å². The van der Waals surface area contributed by atoms with Crippen molar-refractivity contribution in [1.29, 1.82) is 0 Å². The molecule has 0 bridgehead atoms. The summed E-state index contributed by atoms with van der Waals surface area (Å²) in [5, 5.41) is 5.38. The van der Waals surface area contributed by atoms with Gasteiger partial charge in [-0.25, -0.2) is 4.68 Å². The quantitative estimate of drug-likeness (QED) is 0.476. The summed E-state index contributed by atoms with van der Waals surface area (Å²) in [5.74, 6) is 0.465. The summed E-state index contributed by atoms with van der Waals surface area (Å²) in [6, 6.07) is 10.4. The number of hydrogen-bond acceptors (Lipinski definition) is 5. The highest BCUT2D eigenvalue weighted by Gasteiger charge is 2.32. The van der Waals surface area contributed by atoms with Crippen molar-refractivity contribution >= 4 is 35.1 Å². The van der Waals surface area contributed by atoms with Gasteiger partial charge in [0.1, 0.15) is 17.1 Å². The van der Waals surface area contributed by atoms with Crippen molar-refractivity contribution in [3.8, 4) is 17.1 Å². The molecule has 2 aromatic heterocycles. The molecular formula is C23H23Cl2N3O4. The lowest BCUT2D eigenvalue weighted by Crippen LogP contribution is -2.43. The molecule has 4 rings (SSSR count). The minimum atomic E-state index is -0.332. The van der Waals surface area contributed by atoms with E-state index in [2.05, 4.69) is 5.10 Å². The summed E-state index contributed by atoms with van der Waals surface area (Å²) < 4.78 is 12.4. The van der Waals surface area contributed by atoms with Crippen molar-refractivity contribution in [2.75, 3.05) is 19.7 Å². The fourth-order valence-corrected chi connectivity index (χ4v) is 4.11. The van der Waals surface area contributed by atoms with Crippen LogP contribution in [0.25, 0.3) is 17.1 Å². The smallest absolute Gasteiger partial charge is 0.310 e. The van der Waals surface area contributed by atoms with Gasteiger partial charge < -0.3 is 14.1 Å². The number of furan rings is 1. The predicted molar refractivity (Wildman–Crippen MR) is 121 cm³/mol. The van der Waals surface area contributed by atoms with Crippen LogP contribution in [0.3, 0.4) is 0 Å². The molecule has 0 aliphatic carbocycles. The van der Waals surface area contributed by atoms with Crippen molar-refractivity contribution < 1.29 is 18.7 Å². The van der Waals surface area contributed by atoms with Crippen LogP contribution in [0.4, 0.5) is 0 Å². The van der Waals surface area contributed by atoms with Gasteiger partial charge in [0.25, 0.3) is 5.91 Å². The topological polar surface area (TPSA) is 77.6 Å². The van der Waals surface area contributed by atoms with Gasteiger partial charge in [0.2, 0.25) is 0 Å². The largest absolute Gasteiger partial charge is 0.466 e. The van der Waals surface area contributed by atoms with Gasteiger partial charge in [0, 0.05) is 19.2 Å². The molecule has 0 radical (unpaired) electrons. The number of nitrogens with zero attached hydrogens (tertiary/aromatic N) is 3. The number of hydrogen-bond donors (Lipinski definition) is 0. The zero-order chi connectivity index (χ0) is 22.8. The van der Waals surface area contributed by atoms with E-state index in [0.29, 0.717) is 59.0 Å². The molecule has 1 unspecified atom stereocenters. The highest BCUT2D eigenvalue weighted by molar-refractivity contribution is 6.42. The lowest BCUT2D eigenvalue weighted by molar-refractivity contribution is -0.149. The van der Waals surface area contributed by atoms with Gasteiger partial charge in [-0.3, -0.25) is 9.59 Å². The van der Waals surface area contributed by atoms with Crippen LogP contribution in [0.2, 0.25) is 10.0 Å². The van der Waals surface area contributed by atoms with Crippen LogP contribution in [0, 0.1) is 12.8 Å². The Balaban J connectivity index is 1.71. The number of amides is 1. The summed E-state index contributed by atoms with van der Waals surface area (Å²) in [6.07, 6.45) is 1.42. The van der Waals surface area contributed by atoms with Gasteiger partial charge in [0.05, 0.1) is 28.3 Å². The molecule has 168 valence electrons. The van der Waals surface area contributed by atoms with Crippen LogP contribution in [0.5, 0.6) is 0 Å². The van der Waals surface area contributed by atoms with Crippen molar-refractivity contribution in [3.63, 3.8) is 0 Å². The number of aryl methyl sites for hydroxylation is 1. The fourth-order valence-electron chi connectivity index (χ4n) is 3.82. The zero-order valence-corrected chi connectivity index (χ0v) is 19.3. The van der Waals surface area contributed by atoms with E-state index in [1.165, 1.54) is 4.68 Å². The van der Waals surface area contributed by atoms with Crippen molar-refractivity contribution in [2.45, 2.75) is 26.7 Å². The Morgan fingerprint density at radius 3 is 2.69 bits per heavy atom. The first-order valence-corrected chi connectivity index (χ1v) is 11.2. The molecule has 3 heterocycles. The number of esters is 1. The van der Waals surface area contributed by atoms with E-state index in [1.54, 1.807) is 36.1 Å². The van der Waals surface area contributed by atoms with E-state index in [-0.39, 0.29) is 17.8 Å². The average Bonchev–Trinajstić information content (AvgIpc) is 3.42. The Morgan fingerprint density at radius 1 is 1.19 bits per heavy atom.